The van der Waals surface area contributed by atoms with E-state index in [4.69, 9.17) is 49.7 Å². The van der Waals surface area contributed by atoms with Gasteiger partial charge in [0.25, 0.3) is 0 Å². The van der Waals surface area contributed by atoms with Gasteiger partial charge in [-0.15, -0.1) is 0 Å². The van der Waals surface area contributed by atoms with Crippen molar-refractivity contribution >= 4 is 96.7 Å². The van der Waals surface area contributed by atoms with Crippen LogP contribution in [0.1, 0.15) is 230 Å². The minimum absolute atomic E-state index is 0. The number of hydrogen-bond donors (Lipinski definition) is 2. The van der Waals surface area contributed by atoms with Gasteiger partial charge in [-0.2, -0.15) is 0 Å². The summed E-state index contributed by atoms with van der Waals surface area (Å²) in [4.78, 5) is 0. The van der Waals surface area contributed by atoms with E-state index in [1.54, 1.807) is 0 Å². The first-order chi connectivity index (χ1) is 27.4. The summed E-state index contributed by atoms with van der Waals surface area (Å²) in [7, 11) is 0. The van der Waals surface area contributed by atoms with Crippen molar-refractivity contribution in [1.82, 2.24) is 0 Å². The largest absolute Gasteiger partial charge is 2.00 e. The van der Waals surface area contributed by atoms with Gasteiger partial charge >= 0.3 is 0 Å². The molecule has 0 aromatic heterocycles. The summed E-state index contributed by atoms with van der Waals surface area (Å²) in [6, 6.07) is 13.2. The molecule has 342 valence electrons. The number of unbranched alkanes of at least 4 members (excludes halogenated alkanes) is 24. The SMILES string of the molecule is CCCCCCCCCc1cccc(NC(=S)[S-])c1CCCCCCCCC.CCCCCCCCCc1cccc(NC(=S)[S-])c1CCCCCCCCC.[Mo].[S-2].[S-2]. The quantitative estimate of drug-likeness (QED) is 0.0314. The van der Waals surface area contributed by atoms with Gasteiger partial charge in [0.2, 0.25) is 0 Å². The monoisotopic (exact) mass is 1000 g/mol. The van der Waals surface area contributed by atoms with Crippen molar-refractivity contribution in [2.24, 2.45) is 0 Å². The number of aryl methyl sites for hydroxylation is 2. The van der Waals surface area contributed by atoms with Crippen molar-refractivity contribution in [2.45, 2.75) is 233 Å². The molecule has 0 bridgehead atoms. The fraction of sp³-hybridized carbons (Fsp3) is 0.720. The van der Waals surface area contributed by atoms with Gasteiger partial charge in [0, 0.05) is 32.4 Å². The molecule has 0 amide bonds. The Kier molecular flexibility index (Phi) is 49.4. The zero-order valence-electron chi connectivity index (χ0n) is 37.9. The molecule has 0 unspecified atom stereocenters. The van der Waals surface area contributed by atoms with E-state index in [1.165, 1.54) is 215 Å². The van der Waals surface area contributed by atoms with Crippen molar-refractivity contribution in [1.29, 1.82) is 0 Å². The average Bonchev–Trinajstić information content (AvgIpc) is 3.17. The molecule has 2 nitrogen and oxygen atoms in total. The first-order valence-corrected chi connectivity index (χ1v) is 25.2. The van der Waals surface area contributed by atoms with Gasteiger partial charge in [-0.3, -0.25) is 0 Å². The van der Waals surface area contributed by atoms with Gasteiger partial charge in [-0.25, -0.2) is 0 Å². The van der Waals surface area contributed by atoms with E-state index in [0.717, 1.165) is 24.2 Å². The molecule has 0 saturated heterocycles. The van der Waals surface area contributed by atoms with Crippen LogP contribution in [-0.4, -0.2) is 8.64 Å². The summed E-state index contributed by atoms with van der Waals surface area (Å²) >= 11 is 20.5. The van der Waals surface area contributed by atoms with E-state index in [-0.39, 0.29) is 48.1 Å². The Hall–Kier alpha value is 0.0483. The van der Waals surface area contributed by atoms with Gasteiger partial charge in [0.15, 0.2) is 0 Å². The molecule has 2 aromatic carbocycles. The molecule has 0 spiro atoms. The third kappa shape index (κ3) is 35.1. The van der Waals surface area contributed by atoms with E-state index >= 15 is 0 Å². The van der Waals surface area contributed by atoms with E-state index in [9.17, 15) is 0 Å². The number of anilines is 2. The molecule has 0 radical (unpaired) electrons. The molecule has 9 heteroatoms. The fourth-order valence-electron chi connectivity index (χ4n) is 7.85. The number of hydrogen-bond acceptors (Lipinski definition) is 4. The second kappa shape index (κ2) is 46.1. The Bertz CT molecular complexity index is 1160. The van der Waals surface area contributed by atoms with Crippen molar-refractivity contribution in [3.63, 3.8) is 0 Å². The van der Waals surface area contributed by atoms with E-state index in [1.807, 2.05) is 0 Å². The van der Waals surface area contributed by atoms with Crippen molar-refractivity contribution in [3.8, 4) is 0 Å². The third-order valence-corrected chi connectivity index (χ3v) is 11.6. The summed E-state index contributed by atoms with van der Waals surface area (Å²) in [5, 5.41) is 6.51. The standard InChI is InChI=1S/2C25H43NS2.Mo.2S/c2*1-3-5-7-9-11-13-15-18-22-19-17-21-24(26-25(27)28)23(22)20-16-14-12-10-8-6-4-2;;;/h2*17,19,21H,3-16,18,20H2,1-2H3,(H2,26,27,28);;;/q;;;2*-2/p-2. The minimum atomic E-state index is 0. The molecule has 0 fully saturated rings. The van der Waals surface area contributed by atoms with Gasteiger partial charge in [0.1, 0.15) is 0 Å². The Morgan fingerprint density at radius 3 is 0.881 bits per heavy atom. The molecular formula is C50H84MoN2S6-6. The maximum atomic E-state index is 5.14. The molecule has 2 rings (SSSR count). The van der Waals surface area contributed by atoms with Crippen LogP contribution in [-0.2, 0) is 99.0 Å². The third-order valence-electron chi connectivity index (χ3n) is 11.2. The van der Waals surface area contributed by atoms with Crippen LogP contribution in [0.15, 0.2) is 36.4 Å². The number of benzene rings is 2. The first kappa shape index (κ1) is 63.3. The number of nitrogens with one attached hydrogen (secondary N) is 2. The molecule has 0 aliphatic carbocycles. The summed E-state index contributed by atoms with van der Waals surface area (Å²) in [6.45, 7) is 9.12. The molecule has 0 saturated carbocycles. The van der Waals surface area contributed by atoms with E-state index < -0.39 is 0 Å². The normalized spacial score (nSPS) is 10.4. The van der Waals surface area contributed by atoms with Crippen LogP contribution in [0, 0.1) is 0 Å². The Morgan fingerprint density at radius 2 is 0.627 bits per heavy atom. The van der Waals surface area contributed by atoms with Crippen LogP contribution in [0.2, 0.25) is 0 Å². The van der Waals surface area contributed by atoms with Crippen LogP contribution in [0.3, 0.4) is 0 Å². The maximum Gasteiger partial charge on any atom is 0.0406 e. The molecule has 0 heterocycles. The molecule has 59 heavy (non-hydrogen) atoms. The van der Waals surface area contributed by atoms with Crippen molar-refractivity contribution < 1.29 is 21.1 Å². The first-order valence-electron chi connectivity index (χ1n) is 23.5. The molecule has 0 aliphatic heterocycles. The summed E-state index contributed by atoms with van der Waals surface area (Å²) in [6.07, 6.45) is 42.5. The van der Waals surface area contributed by atoms with Gasteiger partial charge in [-0.05, 0) is 85.8 Å². The van der Waals surface area contributed by atoms with Crippen LogP contribution in [0.4, 0.5) is 11.4 Å². The zero-order chi connectivity index (χ0) is 40.9. The predicted molar refractivity (Wildman–Crippen MR) is 282 cm³/mol. The molecule has 2 aromatic rings. The second-order valence-electron chi connectivity index (χ2n) is 16.2. The molecule has 0 atom stereocenters. The Morgan fingerprint density at radius 1 is 0.390 bits per heavy atom. The van der Waals surface area contributed by atoms with Gasteiger partial charge < -0.3 is 87.3 Å². The van der Waals surface area contributed by atoms with Crippen molar-refractivity contribution in [2.75, 3.05) is 10.6 Å². The van der Waals surface area contributed by atoms with Gasteiger partial charge in [0.05, 0.1) is 0 Å². The van der Waals surface area contributed by atoms with Gasteiger partial charge in [-0.1, -0.05) is 215 Å². The Labute approximate surface area is 416 Å². The van der Waals surface area contributed by atoms with E-state index in [2.05, 4.69) is 74.7 Å². The summed E-state index contributed by atoms with van der Waals surface area (Å²) < 4.78 is 0.905. The van der Waals surface area contributed by atoms with Crippen LogP contribution in [0.5, 0.6) is 0 Å². The zero-order valence-corrected chi connectivity index (χ0v) is 44.9. The summed E-state index contributed by atoms with van der Waals surface area (Å²) in [5.74, 6) is 0. The smallest absolute Gasteiger partial charge is 0.0406 e. The molecule has 2 N–H and O–H groups in total. The number of rotatable bonds is 34. The van der Waals surface area contributed by atoms with E-state index in [0.29, 0.717) is 8.64 Å². The molecular weight excluding hydrogens is 917 g/mol. The van der Waals surface area contributed by atoms with Crippen LogP contribution >= 0.6 is 24.4 Å². The average molecular weight is 1000 g/mol. The maximum absolute atomic E-state index is 5.14. The number of thiocarbonyl (C=S) groups is 2. The fourth-order valence-corrected chi connectivity index (χ4v) is 8.29. The predicted octanol–water partition coefficient (Wildman–Crippen LogP) is 17.0. The van der Waals surface area contributed by atoms with Crippen LogP contribution < -0.4 is 10.6 Å². The second-order valence-corrected chi connectivity index (χ2v) is 18.3. The topological polar surface area (TPSA) is 24.1 Å². The Balaban J connectivity index is -0.00000101. The van der Waals surface area contributed by atoms with Crippen molar-refractivity contribution in [3.05, 3.63) is 58.7 Å². The summed E-state index contributed by atoms with van der Waals surface area (Å²) in [5.41, 5.74) is 8.19. The minimum Gasteiger partial charge on any atom is -2.00 e. The molecule has 0 aliphatic rings. The van der Waals surface area contributed by atoms with Crippen LogP contribution in [0.25, 0.3) is 0 Å².